The Bertz CT molecular complexity index is 570. The van der Waals surface area contributed by atoms with Crippen LogP contribution in [0.15, 0.2) is 29.2 Å². The summed E-state index contributed by atoms with van der Waals surface area (Å²) in [5.74, 6) is -0.571. The second kappa shape index (κ2) is 6.71. The Hall–Kier alpha value is -1.60. The van der Waals surface area contributed by atoms with Gasteiger partial charge in [-0.3, -0.25) is 4.79 Å². The third kappa shape index (κ3) is 3.94. The lowest BCUT2D eigenvalue weighted by Crippen LogP contribution is -2.40. The van der Waals surface area contributed by atoms with Crippen LogP contribution in [0.1, 0.15) is 20.8 Å². The molecule has 1 atom stereocenters. The molecule has 0 aliphatic carbocycles. The van der Waals surface area contributed by atoms with Gasteiger partial charge < -0.3 is 11.1 Å². The minimum absolute atomic E-state index is 0.0533. The molecule has 112 valence electrons. The number of para-hydroxylation sites is 1. The molecule has 0 saturated carbocycles. The van der Waals surface area contributed by atoms with E-state index in [0.717, 1.165) is 0 Å². The summed E-state index contributed by atoms with van der Waals surface area (Å²) in [5.41, 5.74) is 5.70. The highest BCUT2D eigenvalue weighted by atomic mass is 32.2. The summed E-state index contributed by atoms with van der Waals surface area (Å²) in [4.78, 5) is 11.5. The van der Waals surface area contributed by atoms with Crippen LogP contribution in [0.25, 0.3) is 0 Å². The van der Waals surface area contributed by atoms with E-state index in [1.165, 1.54) is 6.07 Å². The number of nitrogens with one attached hydrogen (secondary N) is 2. The summed E-state index contributed by atoms with van der Waals surface area (Å²) < 4.78 is 26.6. The van der Waals surface area contributed by atoms with E-state index in [1.54, 1.807) is 25.1 Å². The van der Waals surface area contributed by atoms with Crippen LogP contribution in [0.5, 0.6) is 0 Å². The molecule has 1 rings (SSSR count). The van der Waals surface area contributed by atoms with Crippen LogP contribution in [0.2, 0.25) is 0 Å². The zero-order valence-electron chi connectivity index (χ0n) is 11.9. The fourth-order valence-corrected chi connectivity index (χ4v) is 3.03. The Balaban J connectivity index is 3.17. The molecule has 0 radical (unpaired) electrons. The summed E-state index contributed by atoms with van der Waals surface area (Å²) in [5, 5.41) is 2.92. The maximum absolute atomic E-state index is 12.1. The molecule has 1 aromatic carbocycles. The van der Waals surface area contributed by atoms with Gasteiger partial charge in [-0.1, -0.05) is 32.9 Å². The van der Waals surface area contributed by atoms with Crippen molar-refractivity contribution in [2.24, 2.45) is 11.7 Å². The molecule has 0 aromatic heterocycles. The number of hydrogen-bond acceptors (Lipinski definition) is 4. The molecule has 0 aliphatic heterocycles. The van der Waals surface area contributed by atoms with Crippen LogP contribution in [-0.2, 0) is 14.8 Å². The van der Waals surface area contributed by atoms with Gasteiger partial charge in [0.05, 0.1) is 5.69 Å². The highest BCUT2D eigenvalue weighted by Gasteiger charge is 2.23. The molecule has 0 saturated heterocycles. The molecule has 1 amide bonds. The van der Waals surface area contributed by atoms with Crippen molar-refractivity contribution in [2.45, 2.75) is 31.7 Å². The molecule has 0 aliphatic rings. The Kier molecular flexibility index (Phi) is 5.52. The third-order valence-corrected chi connectivity index (χ3v) is 4.40. The van der Waals surface area contributed by atoms with Crippen LogP contribution in [0.3, 0.4) is 0 Å². The summed E-state index contributed by atoms with van der Waals surface area (Å²) in [6, 6.07) is 5.80. The fraction of sp³-hybridized carbons (Fsp3) is 0.462. The second-order valence-electron chi connectivity index (χ2n) is 4.77. The van der Waals surface area contributed by atoms with Gasteiger partial charge >= 0.3 is 0 Å². The van der Waals surface area contributed by atoms with Gasteiger partial charge in [-0.15, -0.1) is 0 Å². The monoisotopic (exact) mass is 299 g/mol. The lowest BCUT2D eigenvalue weighted by molar-refractivity contribution is -0.119. The van der Waals surface area contributed by atoms with Crippen LogP contribution in [0.4, 0.5) is 5.69 Å². The average Bonchev–Trinajstić information content (AvgIpc) is 2.35. The number of amides is 1. The first-order valence-electron chi connectivity index (χ1n) is 6.44. The van der Waals surface area contributed by atoms with Crippen molar-refractivity contribution in [2.75, 3.05) is 11.9 Å². The zero-order chi connectivity index (χ0) is 15.3. The number of anilines is 1. The Morgan fingerprint density at radius 3 is 2.40 bits per heavy atom. The number of nitrogens with two attached hydrogens (primary N) is 1. The van der Waals surface area contributed by atoms with Crippen molar-refractivity contribution in [3.8, 4) is 0 Å². The van der Waals surface area contributed by atoms with E-state index in [2.05, 4.69) is 10.0 Å². The summed E-state index contributed by atoms with van der Waals surface area (Å²) in [6.07, 6.45) is 0. The van der Waals surface area contributed by atoms with Gasteiger partial charge in [0, 0.05) is 6.54 Å². The largest absolute Gasteiger partial charge is 0.372 e. The first kappa shape index (κ1) is 16.5. The van der Waals surface area contributed by atoms with E-state index in [-0.39, 0.29) is 10.8 Å². The molecule has 6 nitrogen and oxygen atoms in total. The molecular weight excluding hydrogens is 278 g/mol. The number of carbonyl (C=O) groups excluding carboxylic acids is 1. The smallest absolute Gasteiger partial charge is 0.242 e. The topological polar surface area (TPSA) is 101 Å². The standard InChI is InChI=1S/C13H21N3O3S/c1-4-15-20(18,19)11-8-6-5-7-10(11)16-12(9(2)3)13(14)17/h5-9,12,15-16H,4H2,1-3H3,(H2,14,17). The summed E-state index contributed by atoms with van der Waals surface area (Å²) >= 11 is 0. The van der Waals surface area contributed by atoms with Crippen LogP contribution in [0, 0.1) is 5.92 Å². The van der Waals surface area contributed by atoms with E-state index in [4.69, 9.17) is 5.73 Å². The molecule has 20 heavy (non-hydrogen) atoms. The first-order chi connectivity index (χ1) is 9.29. The van der Waals surface area contributed by atoms with E-state index in [9.17, 15) is 13.2 Å². The van der Waals surface area contributed by atoms with Gasteiger partial charge in [0.1, 0.15) is 10.9 Å². The van der Waals surface area contributed by atoms with Crippen LogP contribution in [-0.4, -0.2) is 26.9 Å². The molecule has 7 heteroatoms. The molecule has 0 heterocycles. The molecule has 1 aromatic rings. The van der Waals surface area contributed by atoms with Crippen molar-refractivity contribution in [3.63, 3.8) is 0 Å². The Morgan fingerprint density at radius 2 is 1.90 bits per heavy atom. The maximum atomic E-state index is 12.1. The van der Waals surface area contributed by atoms with Gasteiger partial charge in [0.25, 0.3) is 0 Å². The van der Waals surface area contributed by atoms with Crippen molar-refractivity contribution < 1.29 is 13.2 Å². The van der Waals surface area contributed by atoms with Gasteiger partial charge in [-0.05, 0) is 18.1 Å². The molecule has 0 bridgehead atoms. The number of sulfonamides is 1. The SMILES string of the molecule is CCNS(=O)(=O)c1ccccc1NC(C(N)=O)C(C)C. The maximum Gasteiger partial charge on any atom is 0.242 e. The predicted octanol–water partition coefficient (Wildman–Crippen LogP) is 0.907. The predicted molar refractivity (Wildman–Crippen MR) is 78.7 cm³/mol. The normalized spacial score (nSPS) is 13.2. The van der Waals surface area contributed by atoms with E-state index < -0.39 is 22.0 Å². The van der Waals surface area contributed by atoms with Gasteiger partial charge in [0.15, 0.2) is 0 Å². The zero-order valence-corrected chi connectivity index (χ0v) is 12.7. The Labute approximate surface area is 119 Å². The highest BCUT2D eigenvalue weighted by molar-refractivity contribution is 7.89. The minimum atomic E-state index is -3.60. The minimum Gasteiger partial charge on any atom is -0.372 e. The van der Waals surface area contributed by atoms with Crippen LogP contribution >= 0.6 is 0 Å². The average molecular weight is 299 g/mol. The van der Waals surface area contributed by atoms with E-state index in [1.807, 2.05) is 13.8 Å². The second-order valence-corrected chi connectivity index (χ2v) is 6.50. The van der Waals surface area contributed by atoms with E-state index in [0.29, 0.717) is 12.2 Å². The summed E-state index contributed by atoms with van der Waals surface area (Å²) in [6.45, 7) is 5.67. The number of hydrogen-bond donors (Lipinski definition) is 3. The number of rotatable bonds is 7. The molecule has 1 unspecified atom stereocenters. The first-order valence-corrected chi connectivity index (χ1v) is 7.92. The van der Waals surface area contributed by atoms with Crippen molar-refractivity contribution in [3.05, 3.63) is 24.3 Å². The number of primary amides is 1. The van der Waals surface area contributed by atoms with Crippen molar-refractivity contribution >= 4 is 21.6 Å². The van der Waals surface area contributed by atoms with Crippen molar-refractivity contribution in [1.82, 2.24) is 4.72 Å². The quantitative estimate of drug-likeness (QED) is 0.696. The van der Waals surface area contributed by atoms with Gasteiger partial charge in [0.2, 0.25) is 15.9 Å². The number of carbonyl (C=O) groups is 1. The number of benzene rings is 1. The third-order valence-electron chi connectivity index (χ3n) is 2.80. The molecule has 0 fully saturated rings. The van der Waals surface area contributed by atoms with Gasteiger partial charge in [-0.2, -0.15) is 0 Å². The lowest BCUT2D eigenvalue weighted by atomic mass is 10.0. The Morgan fingerprint density at radius 1 is 1.30 bits per heavy atom. The highest BCUT2D eigenvalue weighted by Crippen LogP contribution is 2.22. The lowest BCUT2D eigenvalue weighted by Gasteiger charge is -2.22. The van der Waals surface area contributed by atoms with Crippen molar-refractivity contribution in [1.29, 1.82) is 0 Å². The molecule has 4 N–H and O–H groups in total. The van der Waals surface area contributed by atoms with E-state index >= 15 is 0 Å². The molecular formula is C13H21N3O3S. The van der Waals surface area contributed by atoms with Gasteiger partial charge in [-0.25, -0.2) is 13.1 Å². The van der Waals surface area contributed by atoms with Crippen LogP contribution < -0.4 is 15.8 Å². The summed E-state index contributed by atoms with van der Waals surface area (Å²) in [7, 11) is -3.60. The molecule has 0 spiro atoms. The fourth-order valence-electron chi connectivity index (χ4n) is 1.82.